The maximum absolute atomic E-state index is 16.0. The van der Waals surface area contributed by atoms with Gasteiger partial charge < -0.3 is 163 Å². The van der Waals surface area contributed by atoms with Crippen LogP contribution in [-0.2, 0) is 104 Å². The highest BCUT2D eigenvalue weighted by atomic mass is 31.2. The molecule has 11 aliphatic rings. The number of ketones is 1. The number of hydrogen-bond donors (Lipinski definition) is 18. The molecule has 5 aliphatic carbocycles. The zero-order valence-corrected chi connectivity index (χ0v) is 69.7. The summed E-state index contributed by atoms with van der Waals surface area (Å²) < 4.78 is 109. The van der Waals surface area contributed by atoms with Crippen LogP contribution in [0.1, 0.15) is 146 Å². The van der Waals surface area contributed by atoms with Gasteiger partial charge in [-0.3, -0.25) is 28.2 Å². The molecule has 33 unspecified atom stereocenters. The van der Waals surface area contributed by atoms with E-state index in [1.807, 2.05) is 0 Å². The van der Waals surface area contributed by atoms with Gasteiger partial charge in [0.1, 0.15) is 133 Å². The topological polar surface area (TPSA) is 606 Å². The number of esters is 2. The SMILES string of the molecule is CCC(=O)C[C@H](COC(=O)CC)COP(=O)(O)OCCNC(=O)C1OC(O[C@H]2CC[C@@]3(C)C(CC[C@]4(C)C3CC=C3C5CC(C)(C)CC[C@]5(C(=O)OC5OC(C)C(O)C(O)C5OC5OC(C)C(O)C(OC)C5OC5OC(CO)C(O)C(O)C5O)[C@H](O)C[C@]34C)[C@]2(C)C=O)C(OC2OC(CO)C(O)C(O)C2O)C(OC2OCC(O)C(O)C2O)C1O. The van der Waals surface area contributed by atoms with Crippen LogP contribution in [0.5, 0.6) is 0 Å². The predicted molar refractivity (Wildman–Crippen MR) is 398 cm³/mol. The maximum atomic E-state index is 16.0. The van der Waals surface area contributed by atoms with Crippen LogP contribution in [-0.4, -0.2) is 360 Å². The van der Waals surface area contributed by atoms with Gasteiger partial charge in [0.05, 0.1) is 69.5 Å². The molecule has 0 bridgehead atoms. The molecule has 6 aliphatic heterocycles. The molecule has 4 saturated carbocycles. The van der Waals surface area contributed by atoms with E-state index in [9.17, 15) is 110 Å². The lowest BCUT2D eigenvalue weighted by Crippen LogP contribution is -2.70. The number of aldehydes is 1. The van der Waals surface area contributed by atoms with Crippen molar-refractivity contribution in [1.29, 1.82) is 0 Å². The highest BCUT2D eigenvalue weighted by Gasteiger charge is 2.73. The summed E-state index contributed by atoms with van der Waals surface area (Å²) in [7, 11) is -3.76. The number of nitrogens with one attached hydrogen (secondary N) is 1. The average molecular weight is 1730 g/mol. The molecule has 40 nitrogen and oxygen atoms in total. The first-order chi connectivity index (χ1) is 55.9. The van der Waals surface area contributed by atoms with Gasteiger partial charge >= 0.3 is 19.8 Å². The highest BCUT2D eigenvalue weighted by Crippen LogP contribution is 2.76. The Bertz CT molecular complexity index is 3550. The fourth-order valence-electron chi connectivity index (χ4n) is 20.9. The number of Topliss-reactive ketones (excluding diaryl/α,β-unsaturated/α-hetero) is 1. The summed E-state index contributed by atoms with van der Waals surface area (Å²) >= 11 is 0. The minimum atomic E-state index is -4.98. The van der Waals surface area contributed by atoms with Crippen molar-refractivity contribution >= 4 is 37.7 Å². The largest absolute Gasteiger partial charge is 0.472 e. The molecule has 18 N–H and O–H groups in total. The van der Waals surface area contributed by atoms with Crippen molar-refractivity contribution in [3.8, 4) is 0 Å². The van der Waals surface area contributed by atoms with E-state index in [1.165, 1.54) is 21.0 Å². The van der Waals surface area contributed by atoms with Crippen LogP contribution < -0.4 is 5.32 Å². The first-order valence-electron chi connectivity index (χ1n) is 41.3. The Morgan fingerprint density at radius 2 is 1.18 bits per heavy atom. The molecule has 0 radical (unpaired) electrons. The highest BCUT2D eigenvalue weighted by molar-refractivity contribution is 7.47. The third-order valence-electron chi connectivity index (χ3n) is 28.2. The maximum Gasteiger partial charge on any atom is 0.472 e. The van der Waals surface area contributed by atoms with E-state index in [0.29, 0.717) is 38.5 Å². The predicted octanol–water partition coefficient (Wildman–Crippen LogP) is -3.69. The molecule has 11 rings (SSSR count). The first-order valence-corrected chi connectivity index (χ1v) is 42.8. The van der Waals surface area contributed by atoms with E-state index in [0.717, 1.165) is 11.9 Å². The number of methoxy groups -OCH3 is 1. The second-order valence-corrected chi connectivity index (χ2v) is 37.4. The summed E-state index contributed by atoms with van der Waals surface area (Å²) in [5.41, 5.74) is -5.14. The molecule has 6 heterocycles. The van der Waals surface area contributed by atoms with E-state index >= 15 is 4.79 Å². The molecule has 0 aromatic rings. The smallest absolute Gasteiger partial charge is 0.465 e. The number of aliphatic hydroxyl groups is 16. The average Bonchev–Trinajstić information content (AvgIpc) is 0.668. The van der Waals surface area contributed by atoms with Gasteiger partial charge in [-0.2, -0.15) is 0 Å². The van der Waals surface area contributed by atoms with Gasteiger partial charge in [0, 0.05) is 38.8 Å². The Morgan fingerprint density at radius 3 is 1.79 bits per heavy atom. The van der Waals surface area contributed by atoms with Crippen molar-refractivity contribution < 1.29 is 190 Å². The minimum Gasteiger partial charge on any atom is -0.465 e. The van der Waals surface area contributed by atoms with Crippen LogP contribution in [0.4, 0.5) is 0 Å². The monoisotopic (exact) mass is 1730 g/mol. The van der Waals surface area contributed by atoms with Crippen molar-refractivity contribution in [3.05, 3.63) is 11.6 Å². The third-order valence-corrected chi connectivity index (χ3v) is 29.2. The van der Waals surface area contributed by atoms with Gasteiger partial charge in [0.15, 0.2) is 43.7 Å². The molecular weight excluding hydrogens is 1610 g/mol. The lowest BCUT2D eigenvalue weighted by molar-refractivity contribution is -0.391. The van der Waals surface area contributed by atoms with Crippen molar-refractivity contribution in [2.24, 2.45) is 56.2 Å². The van der Waals surface area contributed by atoms with E-state index in [2.05, 4.69) is 46.0 Å². The van der Waals surface area contributed by atoms with E-state index in [1.54, 1.807) is 20.8 Å². The summed E-state index contributed by atoms with van der Waals surface area (Å²) in [6, 6.07) is 0. The Balaban J connectivity index is 0.869. The fourth-order valence-corrected chi connectivity index (χ4v) is 21.7. The van der Waals surface area contributed by atoms with Crippen LogP contribution in [0.3, 0.4) is 0 Å². The minimum absolute atomic E-state index is 0.0126. The normalized spacial score (nSPS) is 48.1. The number of carbonyl (C=O) groups excluding carboxylic acids is 5. The van der Waals surface area contributed by atoms with Crippen LogP contribution in [0.2, 0.25) is 0 Å². The van der Waals surface area contributed by atoms with Crippen LogP contribution in [0.15, 0.2) is 11.6 Å². The molecule has 682 valence electrons. The summed E-state index contributed by atoms with van der Waals surface area (Å²) in [4.78, 5) is 80.2. The van der Waals surface area contributed by atoms with Crippen molar-refractivity contribution in [2.75, 3.05) is 53.3 Å². The molecule has 0 spiro atoms. The van der Waals surface area contributed by atoms with Gasteiger partial charge in [0.2, 0.25) is 6.29 Å². The second-order valence-electron chi connectivity index (χ2n) is 36.0. The Hall–Kier alpha value is -3.52. The van der Waals surface area contributed by atoms with E-state index in [4.69, 9.17) is 75.4 Å². The van der Waals surface area contributed by atoms with Crippen molar-refractivity contribution in [2.45, 2.75) is 337 Å². The van der Waals surface area contributed by atoms with Gasteiger partial charge in [-0.1, -0.05) is 67.0 Å². The number of hydrogen-bond acceptors (Lipinski definition) is 38. The standard InChI is InChI=1S/C78H126NO39P/c1-12-36(83)24-35(29-104-46(86)13-2)30-107-119(101,102)106-23-22-79-65(99)61-58(98)60(113-66-55(95)49(89)39(84)31-105-66)64(117-68-57(97)53(93)51(91)41(28-81)111-68)71(114-61)112-45-17-18-74(7)42(75(45,8)32-82)16-19-76(9)43(74)15-14-37-38-25-73(5,6)20-21-78(38,44(85)26-77(37,76)10)72(100)118-69-62(54(94)47(87)33(3)108-69)115-70-63(59(103-11)48(88)34(4)109-70)116-67-56(96)52(92)50(90)40(27-80)110-67/h14,32-35,38-45,47-64,66-71,80-81,84-85,87-98H,12-13,15-31H2,1-11H3,(H,79,99)(H,101,102)/t33?,34?,35-,38?,39?,40?,41?,42?,43?,44-,45+,47?,48?,49?,50?,51?,52?,53?,54?,55?,56?,57?,58?,59?,60?,61?,62?,63?,64?,66?,67?,68?,69?,70?,71?,74+,75+,76-,77-,78-/m1/s1. The molecule has 41 atom stereocenters. The molecule has 6 saturated heterocycles. The number of amides is 1. The summed E-state index contributed by atoms with van der Waals surface area (Å²) in [6.45, 7) is 13.5. The number of phosphoric acid groups is 1. The Kier molecular flexibility index (Phi) is 30.8. The van der Waals surface area contributed by atoms with Crippen LogP contribution in [0.25, 0.3) is 0 Å². The van der Waals surface area contributed by atoms with Gasteiger partial charge in [0.25, 0.3) is 5.91 Å². The van der Waals surface area contributed by atoms with Crippen molar-refractivity contribution in [3.63, 3.8) is 0 Å². The summed E-state index contributed by atoms with van der Waals surface area (Å²) in [5, 5.41) is 182. The molecular formula is C78H126NO39P. The number of carbonyl (C=O) groups is 5. The lowest BCUT2D eigenvalue weighted by atomic mass is 9.33. The first kappa shape index (κ1) is 96.1. The number of aliphatic hydroxyl groups excluding tert-OH is 16. The molecule has 119 heavy (non-hydrogen) atoms. The van der Waals surface area contributed by atoms with E-state index < -0.39 is 306 Å². The number of fused-ring (bicyclic) bond motifs is 7. The molecule has 1 amide bonds. The molecule has 0 aromatic heterocycles. The fraction of sp³-hybridized carbons (Fsp3) is 0.910. The second kappa shape index (κ2) is 38.2. The molecule has 10 fully saturated rings. The zero-order valence-electron chi connectivity index (χ0n) is 68.8. The quantitative estimate of drug-likeness (QED) is 0.00822. The van der Waals surface area contributed by atoms with Crippen molar-refractivity contribution in [1.82, 2.24) is 5.32 Å². The Labute approximate surface area is 688 Å². The molecule has 41 heteroatoms. The van der Waals surface area contributed by atoms with Crippen LogP contribution >= 0.6 is 7.82 Å². The zero-order chi connectivity index (χ0) is 87.5. The number of rotatable bonds is 30. The number of phosphoric ester groups is 1. The summed E-state index contributed by atoms with van der Waals surface area (Å²) in [6.07, 6.45) is -50.1. The molecule has 0 aromatic carbocycles. The van der Waals surface area contributed by atoms with Gasteiger partial charge in [-0.25, -0.2) is 4.57 Å². The van der Waals surface area contributed by atoms with E-state index in [-0.39, 0.29) is 56.8 Å². The summed E-state index contributed by atoms with van der Waals surface area (Å²) in [5.74, 6) is -5.34. The van der Waals surface area contributed by atoms with Gasteiger partial charge in [-0.05, 0) is 111 Å². The van der Waals surface area contributed by atoms with Crippen LogP contribution in [0, 0.1) is 56.2 Å². The third kappa shape index (κ3) is 18.7. The number of ether oxygens (including phenoxy) is 14. The Morgan fingerprint density at radius 1 is 0.597 bits per heavy atom. The number of allylic oxidation sites excluding steroid dienone is 2. The van der Waals surface area contributed by atoms with Gasteiger partial charge in [-0.15, -0.1) is 0 Å². The lowest BCUT2D eigenvalue weighted by Gasteiger charge is -2.71.